The van der Waals surface area contributed by atoms with Crippen LogP contribution in [0.15, 0.2) is 16.9 Å². The van der Waals surface area contributed by atoms with Gasteiger partial charge in [-0.1, -0.05) is 0 Å². The first-order valence-corrected chi connectivity index (χ1v) is 6.94. The fourth-order valence-electron chi connectivity index (χ4n) is 2.15. The highest BCUT2D eigenvalue weighted by Crippen LogP contribution is 2.26. The third kappa shape index (κ3) is 3.34. The van der Waals surface area contributed by atoms with Crippen molar-refractivity contribution in [3.8, 4) is 0 Å². The summed E-state index contributed by atoms with van der Waals surface area (Å²) < 4.78 is 45.5. The predicted octanol–water partition coefficient (Wildman–Crippen LogP) is 2.54. The smallest absolute Gasteiger partial charge is 0.330 e. The quantitative estimate of drug-likeness (QED) is 0.834. The largest absolute Gasteiger partial charge is 0.467 e. The molecule has 1 aromatic carbocycles. The Balaban J connectivity index is 2.57. The Labute approximate surface area is 135 Å². The summed E-state index contributed by atoms with van der Waals surface area (Å²) in [6.45, 7) is 3.55. The molecule has 1 heterocycles. The lowest BCUT2D eigenvalue weighted by Crippen LogP contribution is -2.41. The Morgan fingerprint density at radius 1 is 1.29 bits per heavy atom. The molecule has 0 spiro atoms. The van der Waals surface area contributed by atoms with Gasteiger partial charge in [0.05, 0.1) is 12.5 Å². The van der Waals surface area contributed by atoms with Crippen molar-refractivity contribution >= 4 is 22.6 Å². The molecule has 0 atom stereocenters. The molecule has 0 unspecified atom stereocenters. The summed E-state index contributed by atoms with van der Waals surface area (Å²) in [4.78, 5) is 29.1. The van der Waals surface area contributed by atoms with Gasteiger partial charge in [0.2, 0.25) is 0 Å². The van der Waals surface area contributed by atoms with Gasteiger partial charge in [0, 0.05) is 12.6 Å². The van der Waals surface area contributed by atoms with Crippen LogP contribution < -0.4 is 10.9 Å². The number of carbonyl (C=O) groups is 1. The minimum Gasteiger partial charge on any atom is -0.467 e. The van der Waals surface area contributed by atoms with E-state index in [4.69, 9.17) is 0 Å². The van der Waals surface area contributed by atoms with Gasteiger partial charge >= 0.3 is 11.9 Å². The van der Waals surface area contributed by atoms with Crippen molar-refractivity contribution in [2.45, 2.75) is 32.2 Å². The van der Waals surface area contributed by atoms with Crippen LogP contribution >= 0.6 is 0 Å². The maximum Gasteiger partial charge on any atom is 0.330 e. The lowest BCUT2D eigenvalue weighted by Gasteiger charge is -2.24. The molecule has 0 aliphatic rings. The first kappa shape index (κ1) is 17.8. The monoisotopic (exact) mass is 343 g/mol. The molecule has 0 saturated heterocycles. The lowest BCUT2D eigenvalue weighted by molar-refractivity contribution is -0.144. The number of nitrogens with zero attached hydrogens (tertiary/aromatic N) is 1. The number of ether oxygens (including phenoxy) is 1. The molecule has 0 aliphatic carbocycles. The second-order valence-electron chi connectivity index (χ2n) is 5.90. The van der Waals surface area contributed by atoms with Crippen molar-refractivity contribution in [1.29, 1.82) is 0 Å². The van der Waals surface area contributed by atoms with Gasteiger partial charge in [0.1, 0.15) is 11.1 Å². The van der Waals surface area contributed by atoms with Gasteiger partial charge in [-0.05, 0) is 26.0 Å². The van der Waals surface area contributed by atoms with Crippen LogP contribution in [0.4, 0.5) is 18.9 Å². The summed E-state index contributed by atoms with van der Waals surface area (Å²) in [5.74, 6) is -5.90. The van der Waals surface area contributed by atoms with Gasteiger partial charge in [0.15, 0.2) is 11.6 Å². The van der Waals surface area contributed by atoms with Crippen molar-refractivity contribution < 1.29 is 22.7 Å². The zero-order valence-electron chi connectivity index (χ0n) is 13.5. The number of carbonyl (C=O) groups excluding carboxylic acids is 1. The number of hydrogen-bond donors (Lipinski definition) is 2. The number of nitrogens with one attached hydrogen (secondary N) is 2. The van der Waals surface area contributed by atoms with E-state index in [0.717, 1.165) is 6.07 Å². The SMILES string of the molecule is COC(=O)C(C)(C)Nc1cc(F)c2nc(C(C)(F)F)[nH]c(=O)c2c1. The lowest BCUT2D eigenvalue weighted by atomic mass is 10.0. The summed E-state index contributed by atoms with van der Waals surface area (Å²) in [6.07, 6.45) is 0. The van der Waals surface area contributed by atoms with Crippen molar-refractivity contribution in [1.82, 2.24) is 9.97 Å². The Morgan fingerprint density at radius 3 is 2.46 bits per heavy atom. The molecule has 1 aromatic heterocycles. The maximum absolute atomic E-state index is 14.2. The van der Waals surface area contributed by atoms with Gasteiger partial charge in [-0.2, -0.15) is 8.78 Å². The summed E-state index contributed by atoms with van der Waals surface area (Å²) in [7, 11) is 1.20. The zero-order chi connectivity index (χ0) is 18.3. The molecule has 0 aliphatic heterocycles. The summed E-state index contributed by atoms with van der Waals surface area (Å²) in [5, 5.41) is 2.51. The van der Waals surface area contributed by atoms with E-state index < -0.39 is 40.1 Å². The number of esters is 1. The Kier molecular flexibility index (Phi) is 4.30. The molecule has 0 radical (unpaired) electrons. The molecular formula is C15H16F3N3O3. The van der Waals surface area contributed by atoms with Crippen LogP contribution in [-0.4, -0.2) is 28.6 Å². The number of alkyl halides is 2. The molecule has 0 amide bonds. The fraction of sp³-hybridized carbons (Fsp3) is 0.400. The van der Waals surface area contributed by atoms with E-state index in [1.54, 1.807) is 0 Å². The number of aromatic nitrogens is 2. The number of fused-ring (bicyclic) bond motifs is 1. The van der Waals surface area contributed by atoms with Gasteiger partial charge in [-0.15, -0.1) is 0 Å². The summed E-state index contributed by atoms with van der Waals surface area (Å²) >= 11 is 0. The van der Waals surface area contributed by atoms with E-state index in [-0.39, 0.29) is 11.1 Å². The van der Waals surface area contributed by atoms with Crippen LogP contribution in [0, 0.1) is 5.82 Å². The van der Waals surface area contributed by atoms with E-state index in [1.165, 1.54) is 27.0 Å². The van der Waals surface area contributed by atoms with E-state index >= 15 is 0 Å². The second kappa shape index (κ2) is 5.81. The molecule has 24 heavy (non-hydrogen) atoms. The predicted molar refractivity (Wildman–Crippen MR) is 81.6 cm³/mol. The maximum atomic E-state index is 14.2. The highest BCUT2D eigenvalue weighted by molar-refractivity contribution is 5.86. The molecule has 0 saturated carbocycles. The Morgan fingerprint density at radius 2 is 1.92 bits per heavy atom. The van der Waals surface area contributed by atoms with E-state index in [0.29, 0.717) is 6.92 Å². The number of rotatable bonds is 4. The van der Waals surface area contributed by atoms with Crippen molar-refractivity contribution in [3.63, 3.8) is 0 Å². The Hall–Kier alpha value is -2.58. The average Bonchev–Trinajstić information content (AvgIpc) is 2.45. The number of H-pyrrole nitrogens is 1. The minimum atomic E-state index is -3.41. The van der Waals surface area contributed by atoms with Gasteiger partial charge < -0.3 is 15.0 Å². The van der Waals surface area contributed by atoms with Crippen LogP contribution in [0.3, 0.4) is 0 Å². The molecule has 6 nitrogen and oxygen atoms in total. The number of anilines is 1. The molecule has 0 fully saturated rings. The number of hydrogen-bond acceptors (Lipinski definition) is 5. The van der Waals surface area contributed by atoms with Crippen LogP contribution in [0.5, 0.6) is 0 Å². The van der Waals surface area contributed by atoms with Crippen molar-refractivity contribution in [2.24, 2.45) is 0 Å². The van der Waals surface area contributed by atoms with Gasteiger partial charge in [-0.25, -0.2) is 14.2 Å². The molecule has 2 N–H and O–H groups in total. The standard InChI is InChI=1S/C15H16F3N3O3/c1-14(2,13(23)24-4)21-7-5-8-10(9(16)6-7)19-12(15(3,17)18)20-11(8)22/h5-6,21H,1-4H3,(H,19,20,22). The number of methoxy groups -OCH3 is 1. The number of halogens is 3. The van der Waals surface area contributed by atoms with Gasteiger partial charge in [-0.3, -0.25) is 4.79 Å². The fourth-order valence-corrected chi connectivity index (χ4v) is 2.15. The highest BCUT2D eigenvalue weighted by Gasteiger charge is 2.30. The first-order chi connectivity index (χ1) is 11.0. The molecular weight excluding hydrogens is 327 g/mol. The van der Waals surface area contributed by atoms with E-state index in [2.05, 4.69) is 15.0 Å². The second-order valence-corrected chi connectivity index (χ2v) is 5.90. The van der Waals surface area contributed by atoms with Crippen molar-refractivity contribution in [3.05, 3.63) is 34.1 Å². The highest BCUT2D eigenvalue weighted by atomic mass is 19.3. The summed E-state index contributed by atoms with van der Waals surface area (Å²) in [6, 6.07) is 2.20. The van der Waals surface area contributed by atoms with Crippen LogP contribution in [0.1, 0.15) is 26.6 Å². The normalized spacial score (nSPS) is 12.3. The van der Waals surface area contributed by atoms with E-state index in [9.17, 15) is 22.8 Å². The molecule has 130 valence electrons. The zero-order valence-corrected chi connectivity index (χ0v) is 13.5. The molecule has 9 heteroatoms. The average molecular weight is 343 g/mol. The third-order valence-electron chi connectivity index (χ3n) is 3.33. The minimum absolute atomic E-state index is 0.110. The topological polar surface area (TPSA) is 84.1 Å². The number of benzene rings is 1. The van der Waals surface area contributed by atoms with Crippen molar-refractivity contribution in [2.75, 3.05) is 12.4 Å². The Bertz CT molecular complexity index is 857. The summed E-state index contributed by atoms with van der Waals surface area (Å²) in [5.41, 5.74) is -2.46. The number of aromatic amines is 1. The first-order valence-electron chi connectivity index (χ1n) is 6.94. The van der Waals surface area contributed by atoms with Crippen LogP contribution in [0.2, 0.25) is 0 Å². The third-order valence-corrected chi connectivity index (χ3v) is 3.33. The molecule has 2 aromatic rings. The van der Waals surface area contributed by atoms with Crippen LogP contribution in [0.25, 0.3) is 10.9 Å². The molecule has 0 bridgehead atoms. The molecule has 2 rings (SSSR count). The van der Waals surface area contributed by atoms with E-state index in [1.807, 2.05) is 4.98 Å². The van der Waals surface area contributed by atoms with Crippen LogP contribution in [-0.2, 0) is 15.5 Å². The van der Waals surface area contributed by atoms with Gasteiger partial charge in [0.25, 0.3) is 5.56 Å².